The van der Waals surface area contributed by atoms with Crippen molar-refractivity contribution in [1.29, 1.82) is 0 Å². The van der Waals surface area contributed by atoms with E-state index in [0.717, 1.165) is 11.0 Å². The molecule has 0 bridgehead atoms. The predicted octanol–water partition coefficient (Wildman–Crippen LogP) is -3.99. The summed E-state index contributed by atoms with van der Waals surface area (Å²) in [5, 5.41) is 26.4. The molecule has 2 saturated heterocycles. The van der Waals surface area contributed by atoms with E-state index in [2.05, 4.69) is 20.6 Å². The highest BCUT2D eigenvalue weighted by Crippen LogP contribution is 2.32. The molecule has 31 heavy (non-hydrogen) atoms. The number of hydrogen-bond acceptors (Lipinski definition) is 12. The van der Waals surface area contributed by atoms with Crippen LogP contribution in [0, 0.1) is 0 Å². The van der Waals surface area contributed by atoms with Crippen molar-refractivity contribution in [2.24, 2.45) is 10.7 Å². The third-order valence-corrected chi connectivity index (χ3v) is 6.16. The molecule has 0 aromatic carbocycles. The molecule has 16 heteroatoms. The van der Waals surface area contributed by atoms with Gasteiger partial charge in [-0.05, 0) is 19.4 Å². The number of nitrogens with two attached hydrogens (primary N) is 1. The van der Waals surface area contributed by atoms with Crippen LogP contribution in [-0.2, 0) is 24.0 Å². The van der Waals surface area contributed by atoms with E-state index >= 15 is 0 Å². The van der Waals surface area contributed by atoms with E-state index in [9.17, 15) is 28.2 Å². The van der Waals surface area contributed by atoms with Gasteiger partial charge >= 0.3 is 16.0 Å². The fourth-order valence-electron chi connectivity index (χ4n) is 3.70. The average Bonchev–Trinajstić information content (AvgIpc) is 3.41. The van der Waals surface area contributed by atoms with Crippen molar-refractivity contribution in [1.82, 2.24) is 19.6 Å². The molecule has 0 saturated carbocycles. The molecule has 15 nitrogen and oxygen atoms in total. The zero-order chi connectivity index (χ0) is 22.3. The van der Waals surface area contributed by atoms with Crippen molar-refractivity contribution in [2.75, 3.05) is 25.1 Å². The Morgan fingerprint density at radius 2 is 2.16 bits per heavy atom. The first kappa shape index (κ1) is 21.7. The highest BCUT2D eigenvalue weighted by Gasteiger charge is 2.46. The number of amidine groups is 1. The standard InChI is InChI=1S/C15H23N7O8S/c16-11-8-12(19-5-18-11)22(15(26)20-8)14-10(24)9(23)7(30-14)4-29-31(27,28)21-13(25)6-2-1-3-17-6/h6-7,9-10,14,17,19,23-24H,1-5H2,(H2,16,18)(H,20,26)(H,21,25)/t6-,7+,9+,10+,14+/m0/s1. The first-order valence-electron chi connectivity index (χ1n) is 9.52. The number of ether oxygens (including phenoxy) is 1. The molecular weight excluding hydrogens is 438 g/mol. The van der Waals surface area contributed by atoms with Gasteiger partial charge in [0, 0.05) is 0 Å². The van der Waals surface area contributed by atoms with Gasteiger partial charge in [0.2, 0.25) is 0 Å². The number of carbonyl (C=O) groups excluding carboxylic acids is 1. The van der Waals surface area contributed by atoms with E-state index in [-0.39, 0.29) is 24.0 Å². The van der Waals surface area contributed by atoms with Gasteiger partial charge in [-0.3, -0.25) is 8.98 Å². The third kappa shape index (κ3) is 4.17. The third-order valence-electron chi connectivity index (χ3n) is 5.26. The molecule has 8 N–H and O–H groups in total. The van der Waals surface area contributed by atoms with Crippen LogP contribution in [0.2, 0.25) is 0 Å². The molecule has 0 radical (unpaired) electrons. The Bertz CT molecular complexity index is 1040. The number of aliphatic imine (C=N–C) groups is 1. The largest absolute Gasteiger partial charge is 0.387 e. The first-order chi connectivity index (χ1) is 14.7. The molecular formula is C15H23N7O8S. The second-order valence-corrected chi connectivity index (χ2v) is 8.65. The van der Waals surface area contributed by atoms with Gasteiger partial charge in [-0.15, -0.1) is 0 Å². The topological polar surface area (TPSA) is 222 Å². The van der Waals surface area contributed by atoms with Gasteiger partial charge < -0.3 is 36.3 Å². The maximum absolute atomic E-state index is 12.4. The van der Waals surface area contributed by atoms with Gasteiger partial charge in [0.15, 0.2) is 6.23 Å². The number of aromatic nitrogens is 2. The van der Waals surface area contributed by atoms with Gasteiger partial charge in [0.25, 0.3) is 5.91 Å². The molecule has 2 fully saturated rings. The summed E-state index contributed by atoms with van der Waals surface area (Å²) < 4.78 is 37.2. The molecule has 0 aliphatic carbocycles. The van der Waals surface area contributed by atoms with Crippen molar-refractivity contribution in [3.8, 4) is 0 Å². The number of imidazole rings is 1. The predicted molar refractivity (Wildman–Crippen MR) is 104 cm³/mol. The minimum atomic E-state index is -4.48. The lowest BCUT2D eigenvalue weighted by molar-refractivity contribution is -0.121. The molecule has 4 rings (SSSR count). The molecule has 1 aromatic rings. The number of rotatable bonds is 6. The molecule has 3 aliphatic heterocycles. The lowest BCUT2D eigenvalue weighted by Crippen LogP contribution is -2.44. The molecule has 0 spiro atoms. The van der Waals surface area contributed by atoms with E-state index in [1.54, 1.807) is 4.72 Å². The normalized spacial score (nSPS) is 30.5. The van der Waals surface area contributed by atoms with Gasteiger partial charge in [0.1, 0.15) is 42.3 Å². The van der Waals surface area contributed by atoms with Crippen LogP contribution in [0.5, 0.6) is 0 Å². The van der Waals surface area contributed by atoms with Crippen molar-refractivity contribution in [3.63, 3.8) is 0 Å². The SMILES string of the molecule is NC1=NCNc2c1[nH]c(=O)n2[C@@H]1O[C@H](COS(=O)(=O)NC(=O)[C@@H]2CCCN2)[C@@H](O)[C@H]1O. The summed E-state index contributed by atoms with van der Waals surface area (Å²) in [4.78, 5) is 30.7. The second-order valence-electron chi connectivity index (χ2n) is 7.30. The number of hydrogen-bond donors (Lipinski definition) is 7. The van der Waals surface area contributed by atoms with Crippen LogP contribution in [0.4, 0.5) is 5.82 Å². The maximum atomic E-state index is 12.4. The summed E-state index contributed by atoms with van der Waals surface area (Å²) >= 11 is 0. The Hall–Kier alpha value is -2.50. The minimum absolute atomic E-state index is 0.0797. The number of nitrogens with one attached hydrogen (secondary N) is 4. The maximum Gasteiger partial charge on any atom is 0.362 e. The Morgan fingerprint density at radius 3 is 2.87 bits per heavy atom. The van der Waals surface area contributed by atoms with Crippen molar-refractivity contribution >= 4 is 27.9 Å². The van der Waals surface area contributed by atoms with E-state index in [4.69, 9.17) is 14.7 Å². The lowest BCUT2D eigenvalue weighted by Gasteiger charge is -2.20. The zero-order valence-electron chi connectivity index (χ0n) is 16.1. The van der Waals surface area contributed by atoms with E-state index in [0.29, 0.717) is 13.0 Å². The number of aliphatic hydroxyl groups excluding tert-OH is 2. The molecule has 0 unspecified atom stereocenters. The van der Waals surface area contributed by atoms with E-state index < -0.39 is 59.1 Å². The number of carbonyl (C=O) groups is 1. The summed E-state index contributed by atoms with van der Waals surface area (Å²) in [5.41, 5.74) is 5.26. The Kier molecular flexibility index (Phi) is 5.75. The van der Waals surface area contributed by atoms with Gasteiger partial charge in [-0.2, -0.15) is 8.42 Å². The first-order valence-corrected chi connectivity index (χ1v) is 10.9. The van der Waals surface area contributed by atoms with Crippen LogP contribution in [0.15, 0.2) is 9.79 Å². The van der Waals surface area contributed by atoms with Gasteiger partial charge in [-0.25, -0.2) is 19.1 Å². The second kappa shape index (κ2) is 8.21. The highest BCUT2D eigenvalue weighted by atomic mass is 32.2. The molecule has 5 atom stereocenters. The summed E-state index contributed by atoms with van der Waals surface area (Å²) in [7, 11) is -4.48. The number of fused-ring (bicyclic) bond motifs is 1. The van der Waals surface area contributed by atoms with Crippen molar-refractivity contribution < 1.29 is 32.3 Å². The number of anilines is 1. The average molecular weight is 461 g/mol. The number of H-pyrrole nitrogens is 1. The number of amides is 1. The number of aromatic amines is 1. The molecule has 1 amide bonds. The number of aliphatic hydroxyl groups is 2. The summed E-state index contributed by atoms with van der Waals surface area (Å²) in [6.07, 6.45) is -4.56. The van der Waals surface area contributed by atoms with Gasteiger partial charge in [-0.1, -0.05) is 0 Å². The molecule has 4 heterocycles. The molecule has 1 aromatic heterocycles. The quantitative estimate of drug-likeness (QED) is 0.216. The molecule has 3 aliphatic rings. The van der Waals surface area contributed by atoms with Crippen LogP contribution in [0.1, 0.15) is 24.8 Å². The fourth-order valence-corrected chi connectivity index (χ4v) is 4.46. The smallest absolute Gasteiger partial charge is 0.362 e. The van der Waals surface area contributed by atoms with Crippen molar-refractivity contribution in [2.45, 2.75) is 43.4 Å². The fraction of sp³-hybridized carbons (Fsp3) is 0.667. The minimum Gasteiger partial charge on any atom is -0.387 e. The van der Waals surface area contributed by atoms with Crippen LogP contribution < -0.4 is 26.8 Å². The van der Waals surface area contributed by atoms with Crippen molar-refractivity contribution in [3.05, 3.63) is 16.2 Å². The Labute approximate surface area is 175 Å². The molecule has 172 valence electrons. The summed E-state index contributed by atoms with van der Waals surface area (Å²) in [6.45, 7) is -0.00931. The zero-order valence-corrected chi connectivity index (χ0v) is 17.0. The Morgan fingerprint density at radius 1 is 1.39 bits per heavy atom. The van der Waals surface area contributed by atoms with Crippen LogP contribution >= 0.6 is 0 Å². The van der Waals surface area contributed by atoms with E-state index in [1.165, 1.54) is 0 Å². The van der Waals surface area contributed by atoms with Crippen LogP contribution in [-0.4, -0.2) is 84.1 Å². The number of nitrogens with zero attached hydrogens (tertiary/aromatic N) is 2. The summed E-state index contributed by atoms with van der Waals surface area (Å²) in [6, 6.07) is -0.631. The monoisotopic (exact) mass is 461 g/mol. The highest BCUT2D eigenvalue weighted by molar-refractivity contribution is 7.85. The van der Waals surface area contributed by atoms with Gasteiger partial charge in [0.05, 0.1) is 12.6 Å². The van der Waals surface area contributed by atoms with Crippen LogP contribution in [0.25, 0.3) is 0 Å². The van der Waals surface area contributed by atoms with E-state index in [1.807, 2.05) is 0 Å². The Balaban J connectivity index is 1.43. The van der Waals surface area contributed by atoms with Crippen LogP contribution in [0.3, 0.4) is 0 Å². The lowest BCUT2D eigenvalue weighted by atomic mass is 10.1. The summed E-state index contributed by atoms with van der Waals surface area (Å²) in [5.74, 6) is -0.463.